The van der Waals surface area contributed by atoms with Crippen LogP contribution in [0.3, 0.4) is 0 Å². The van der Waals surface area contributed by atoms with E-state index in [4.69, 9.17) is 0 Å². The third-order valence-corrected chi connectivity index (χ3v) is 4.12. The monoisotopic (exact) mass is 282 g/mol. The number of aromatic amines is 1. The molecule has 3 rings (SSSR count). The molecule has 0 aliphatic heterocycles. The zero-order valence-electron chi connectivity index (χ0n) is 12.7. The molecular weight excluding hydrogens is 260 g/mol. The second kappa shape index (κ2) is 6.14. The lowest BCUT2D eigenvalue weighted by Gasteiger charge is -2.07. The summed E-state index contributed by atoms with van der Waals surface area (Å²) in [4.78, 5) is 7.38. The summed E-state index contributed by atoms with van der Waals surface area (Å²) in [6.07, 6.45) is 5.77. The van der Waals surface area contributed by atoms with Crippen molar-refractivity contribution >= 4 is 10.9 Å². The standard InChI is InChI=1S/C17H22N4/c1-13-14-6-3-4-7-15(14)21(2)16(13)12-18-9-5-8-17-19-10-11-20-17/h3-4,6-7,10-11,18H,5,8-9,12H2,1-2H3,(H,19,20). The van der Waals surface area contributed by atoms with Crippen molar-refractivity contribution in [3.63, 3.8) is 0 Å². The summed E-state index contributed by atoms with van der Waals surface area (Å²) in [6, 6.07) is 8.59. The maximum absolute atomic E-state index is 4.24. The Morgan fingerprint density at radius 1 is 1.29 bits per heavy atom. The van der Waals surface area contributed by atoms with Gasteiger partial charge >= 0.3 is 0 Å². The van der Waals surface area contributed by atoms with Crippen LogP contribution >= 0.6 is 0 Å². The van der Waals surface area contributed by atoms with Gasteiger partial charge in [-0.3, -0.25) is 0 Å². The molecule has 1 aromatic carbocycles. The Bertz CT molecular complexity index is 671. The molecule has 4 heteroatoms. The van der Waals surface area contributed by atoms with Gasteiger partial charge in [0.15, 0.2) is 0 Å². The number of aromatic nitrogens is 3. The van der Waals surface area contributed by atoms with Crippen LogP contribution in [0.25, 0.3) is 10.9 Å². The highest BCUT2D eigenvalue weighted by atomic mass is 15.0. The zero-order chi connectivity index (χ0) is 14.7. The van der Waals surface area contributed by atoms with E-state index < -0.39 is 0 Å². The summed E-state index contributed by atoms with van der Waals surface area (Å²) in [5, 5.41) is 4.90. The first-order valence-corrected chi connectivity index (χ1v) is 7.49. The Hall–Kier alpha value is -2.07. The first-order chi connectivity index (χ1) is 10.3. The van der Waals surface area contributed by atoms with Crippen LogP contribution < -0.4 is 5.32 Å². The Kier molecular flexibility index (Phi) is 4.06. The van der Waals surface area contributed by atoms with Crippen molar-refractivity contribution in [2.45, 2.75) is 26.3 Å². The number of hydrogen-bond donors (Lipinski definition) is 2. The maximum Gasteiger partial charge on any atom is 0.106 e. The lowest BCUT2D eigenvalue weighted by Crippen LogP contribution is -2.18. The van der Waals surface area contributed by atoms with Crippen molar-refractivity contribution in [1.82, 2.24) is 19.9 Å². The predicted octanol–water partition coefficient (Wildman–Crippen LogP) is 2.93. The predicted molar refractivity (Wildman–Crippen MR) is 86.3 cm³/mol. The molecule has 0 unspecified atom stereocenters. The highest BCUT2D eigenvalue weighted by Gasteiger charge is 2.10. The van der Waals surface area contributed by atoms with Crippen LogP contribution in [0.1, 0.15) is 23.5 Å². The van der Waals surface area contributed by atoms with Crippen molar-refractivity contribution in [3.05, 3.63) is 53.7 Å². The molecule has 21 heavy (non-hydrogen) atoms. The minimum atomic E-state index is 0.912. The van der Waals surface area contributed by atoms with E-state index in [2.05, 4.69) is 58.1 Å². The molecule has 0 aliphatic rings. The lowest BCUT2D eigenvalue weighted by atomic mass is 10.1. The van der Waals surface area contributed by atoms with E-state index in [1.54, 1.807) is 0 Å². The molecule has 0 bridgehead atoms. The SMILES string of the molecule is Cc1c(CNCCCc2ncc[nH]2)n(C)c2ccccc12. The van der Waals surface area contributed by atoms with E-state index in [0.717, 1.165) is 31.8 Å². The van der Waals surface area contributed by atoms with Gasteiger partial charge in [-0.25, -0.2) is 4.98 Å². The Morgan fingerprint density at radius 3 is 2.90 bits per heavy atom. The third kappa shape index (κ3) is 2.85. The Balaban J connectivity index is 1.58. The molecule has 0 spiro atoms. The average Bonchev–Trinajstić information content (AvgIpc) is 3.10. The molecule has 0 saturated carbocycles. The number of nitrogens with zero attached hydrogens (tertiary/aromatic N) is 2. The topological polar surface area (TPSA) is 45.6 Å². The molecule has 3 aromatic rings. The number of H-pyrrole nitrogens is 1. The number of rotatable bonds is 6. The summed E-state index contributed by atoms with van der Waals surface area (Å²) in [5.74, 6) is 1.07. The molecule has 2 N–H and O–H groups in total. The van der Waals surface area contributed by atoms with Gasteiger partial charge in [-0.15, -0.1) is 0 Å². The van der Waals surface area contributed by atoms with Gasteiger partial charge in [0.25, 0.3) is 0 Å². The van der Waals surface area contributed by atoms with Crippen molar-refractivity contribution in [3.8, 4) is 0 Å². The fraction of sp³-hybridized carbons (Fsp3) is 0.353. The molecule has 0 fully saturated rings. The van der Waals surface area contributed by atoms with E-state index in [-0.39, 0.29) is 0 Å². The first kappa shape index (κ1) is 13.9. The molecule has 110 valence electrons. The molecule has 0 aliphatic carbocycles. The number of fused-ring (bicyclic) bond motifs is 1. The highest BCUT2D eigenvalue weighted by Crippen LogP contribution is 2.24. The third-order valence-electron chi connectivity index (χ3n) is 4.12. The van der Waals surface area contributed by atoms with Crippen LogP contribution in [-0.4, -0.2) is 21.1 Å². The molecule has 0 atom stereocenters. The van der Waals surface area contributed by atoms with Gasteiger partial charge in [0.1, 0.15) is 5.82 Å². The summed E-state index contributed by atoms with van der Waals surface area (Å²) in [7, 11) is 2.15. The number of aryl methyl sites for hydroxylation is 3. The van der Waals surface area contributed by atoms with E-state index in [1.807, 2.05) is 12.4 Å². The van der Waals surface area contributed by atoms with Gasteiger partial charge in [0.05, 0.1) is 0 Å². The van der Waals surface area contributed by atoms with E-state index in [1.165, 1.54) is 22.2 Å². The Morgan fingerprint density at radius 2 is 2.14 bits per heavy atom. The van der Waals surface area contributed by atoms with Gasteiger partial charge in [0, 0.05) is 49.0 Å². The molecule has 2 heterocycles. The number of benzene rings is 1. The summed E-state index contributed by atoms with van der Waals surface area (Å²) in [5.41, 5.74) is 4.06. The first-order valence-electron chi connectivity index (χ1n) is 7.49. The summed E-state index contributed by atoms with van der Waals surface area (Å²) < 4.78 is 2.30. The molecule has 0 amide bonds. The Labute approximate surface area is 125 Å². The quantitative estimate of drug-likeness (QED) is 0.683. The number of para-hydroxylation sites is 1. The zero-order valence-corrected chi connectivity index (χ0v) is 12.7. The molecular formula is C17H22N4. The largest absolute Gasteiger partial charge is 0.349 e. The van der Waals surface area contributed by atoms with Crippen LogP contribution in [0, 0.1) is 6.92 Å². The minimum absolute atomic E-state index is 0.912. The van der Waals surface area contributed by atoms with Crippen molar-refractivity contribution in [1.29, 1.82) is 0 Å². The fourth-order valence-electron chi connectivity index (χ4n) is 2.91. The molecule has 0 saturated heterocycles. The van der Waals surface area contributed by atoms with Gasteiger partial charge in [-0.05, 0) is 31.5 Å². The second-order valence-corrected chi connectivity index (χ2v) is 5.46. The van der Waals surface area contributed by atoms with Crippen molar-refractivity contribution in [2.24, 2.45) is 7.05 Å². The van der Waals surface area contributed by atoms with E-state index in [0.29, 0.717) is 0 Å². The van der Waals surface area contributed by atoms with Crippen LogP contribution in [0.4, 0.5) is 0 Å². The van der Waals surface area contributed by atoms with Crippen LogP contribution in [-0.2, 0) is 20.0 Å². The summed E-state index contributed by atoms with van der Waals surface area (Å²) in [6.45, 7) is 4.12. The van der Waals surface area contributed by atoms with E-state index >= 15 is 0 Å². The summed E-state index contributed by atoms with van der Waals surface area (Å²) >= 11 is 0. The number of imidazole rings is 1. The molecule has 2 aromatic heterocycles. The van der Waals surface area contributed by atoms with Crippen molar-refractivity contribution in [2.75, 3.05) is 6.54 Å². The van der Waals surface area contributed by atoms with Gasteiger partial charge in [-0.1, -0.05) is 18.2 Å². The lowest BCUT2D eigenvalue weighted by molar-refractivity contribution is 0.620. The van der Waals surface area contributed by atoms with Crippen molar-refractivity contribution < 1.29 is 0 Å². The smallest absolute Gasteiger partial charge is 0.106 e. The second-order valence-electron chi connectivity index (χ2n) is 5.46. The number of hydrogen-bond acceptors (Lipinski definition) is 2. The fourth-order valence-corrected chi connectivity index (χ4v) is 2.91. The average molecular weight is 282 g/mol. The van der Waals surface area contributed by atoms with Crippen LogP contribution in [0.5, 0.6) is 0 Å². The molecule has 0 radical (unpaired) electrons. The van der Waals surface area contributed by atoms with Crippen LogP contribution in [0.2, 0.25) is 0 Å². The van der Waals surface area contributed by atoms with E-state index in [9.17, 15) is 0 Å². The maximum atomic E-state index is 4.24. The van der Waals surface area contributed by atoms with Gasteiger partial charge < -0.3 is 14.9 Å². The van der Waals surface area contributed by atoms with Gasteiger partial charge in [-0.2, -0.15) is 0 Å². The molecule has 4 nitrogen and oxygen atoms in total. The normalized spacial score (nSPS) is 11.3. The number of nitrogens with one attached hydrogen (secondary N) is 2. The minimum Gasteiger partial charge on any atom is -0.349 e. The highest BCUT2D eigenvalue weighted by molar-refractivity contribution is 5.85. The van der Waals surface area contributed by atoms with Gasteiger partial charge in [0.2, 0.25) is 0 Å². The van der Waals surface area contributed by atoms with Crippen LogP contribution in [0.15, 0.2) is 36.7 Å².